The quantitative estimate of drug-likeness (QED) is 0.275. The minimum atomic E-state index is 0.907. The molecule has 0 spiro atoms. The van der Waals surface area contributed by atoms with E-state index in [9.17, 15) is 0 Å². The molecular weight excluding hydrogens is 370 g/mol. The number of hydrogen-bond donors (Lipinski definition) is 0. The van der Waals surface area contributed by atoms with E-state index in [-0.39, 0.29) is 0 Å². The van der Waals surface area contributed by atoms with E-state index in [2.05, 4.69) is 68.4 Å². The molecule has 0 fully saturated rings. The normalized spacial score (nSPS) is 12.1. The number of hydrogen-bond acceptors (Lipinski definition) is 4. The number of fused-ring (bicyclic) bond motifs is 3. The molecule has 0 radical (unpaired) electrons. The van der Waals surface area contributed by atoms with Crippen molar-refractivity contribution in [3.63, 3.8) is 0 Å². The zero-order valence-electron chi connectivity index (χ0n) is 15.9. The van der Waals surface area contributed by atoms with Crippen molar-refractivity contribution in [2.24, 2.45) is 0 Å². The summed E-state index contributed by atoms with van der Waals surface area (Å²) in [6, 6.07) is 17.2. The molecule has 1 aliphatic rings. The van der Waals surface area contributed by atoms with Gasteiger partial charge in [-0.2, -0.15) is 0 Å². The molecular formula is C23H21NOS2. The summed E-state index contributed by atoms with van der Waals surface area (Å²) in [7, 11) is 0. The number of benzene rings is 3. The molecule has 0 N–H and O–H groups in total. The van der Waals surface area contributed by atoms with Crippen molar-refractivity contribution in [1.82, 2.24) is 5.16 Å². The van der Waals surface area contributed by atoms with Crippen molar-refractivity contribution >= 4 is 34.5 Å². The van der Waals surface area contributed by atoms with Gasteiger partial charge in [0.05, 0.1) is 6.20 Å². The van der Waals surface area contributed by atoms with Gasteiger partial charge in [-0.15, -0.1) is 0 Å². The van der Waals surface area contributed by atoms with Crippen molar-refractivity contribution in [3.05, 3.63) is 77.0 Å². The van der Waals surface area contributed by atoms with Crippen LogP contribution in [0, 0.1) is 27.7 Å². The molecule has 0 amide bonds. The molecule has 136 valence electrons. The second-order valence-corrected chi connectivity index (χ2v) is 8.88. The summed E-state index contributed by atoms with van der Waals surface area (Å²) in [5.41, 5.74) is 6.03. The van der Waals surface area contributed by atoms with E-state index in [0.717, 1.165) is 16.5 Å². The van der Waals surface area contributed by atoms with Gasteiger partial charge in [-0.05, 0) is 62.1 Å². The molecule has 4 aromatic rings. The Morgan fingerprint density at radius 1 is 0.667 bits per heavy atom. The molecule has 3 aromatic carbocycles. The summed E-state index contributed by atoms with van der Waals surface area (Å²) in [5.74, 6) is 0. The lowest BCUT2D eigenvalue weighted by molar-refractivity contribution is 0.455. The van der Waals surface area contributed by atoms with Crippen LogP contribution in [0.1, 0.15) is 22.3 Å². The van der Waals surface area contributed by atoms with E-state index < -0.39 is 0 Å². The highest BCUT2D eigenvalue weighted by atomic mass is 32.2. The molecule has 1 aliphatic heterocycles. The van der Waals surface area contributed by atoms with Gasteiger partial charge in [0, 0.05) is 25.0 Å². The fourth-order valence-electron chi connectivity index (χ4n) is 3.07. The monoisotopic (exact) mass is 391 g/mol. The Hall–Kier alpha value is -2.17. The second kappa shape index (κ2) is 7.45. The van der Waals surface area contributed by atoms with Crippen molar-refractivity contribution in [3.8, 4) is 0 Å². The topological polar surface area (TPSA) is 26.0 Å². The molecule has 4 heteroatoms. The number of aromatic nitrogens is 1. The molecule has 0 aliphatic carbocycles. The Morgan fingerprint density at radius 3 is 1.74 bits per heavy atom. The van der Waals surface area contributed by atoms with Crippen LogP contribution in [0.15, 0.2) is 78.8 Å². The Kier molecular flexibility index (Phi) is 5.02. The van der Waals surface area contributed by atoms with Crippen LogP contribution in [0.2, 0.25) is 0 Å². The van der Waals surface area contributed by atoms with E-state index in [1.807, 2.05) is 36.5 Å². The predicted octanol–water partition coefficient (Wildman–Crippen LogP) is 7.36. The van der Waals surface area contributed by atoms with Crippen LogP contribution in [0.25, 0.3) is 11.0 Å². The standard InChI is InChI=1S/C14H12S2.C9H9NO/c1-9-7-8-10(2)14-13(9)15-11-5-3-4-6-12(11)16-14;1-6-3-4-7(2)9-8(6)5-10-11-9/h3-8H,1-2H3;3-5H,1-2H3. The van der Waals surface area contributed by atoms with Gasteiger partial charge in [0.1, 0.15) is 0 Å². The van der Waals surface area contributed by atoms with E-state index in [1.54, 1.807) is 6.20 Å². The van der Waals surface area contributed by atoms with E-state index in [0.29, 0.717) is 0 Å². The molecule has 0 saturated carbocycles. The third-order valence-corrected chi connectivity index (χ3v) is 7.59. The highest BCUT2D eigenvalue weighted by molar-refractivity contribution is 8.05. The first kappa shape index (κ1) is 18.2. The maximum atomic E-state index is 5.08. The van der Waals surface area contributed by atoms with Crippen LogP contribution in [-0.4, -0.2) is 5.16 Å². The molecule has 2 nitrogen and oxygen atoms in total. The summed E-state index contributed by atoms with van der Waals surface area (Å²) in [5, 5.41) is 4.86. The van der Waals surface area contributed by atoms with E-state index in [1.165, 1.54) is 36.3 Å². The largest absolute Gasteiger partial charge is 0.356 e. The molecule has 1 aromatic heterocycles. The van der Waals surface area contributed by atoms with Crippen LogP contribution in [0.3, 0.4) is 0 Å². The molecule has 2 heterocycles. The molecule has 0 bridgehead atoms. The third-order valence-electron chi connectivity index (χ3n) is 4.72. The van der Waals surface area contributed by atoms with Crippen molar-refractivity contribution in [1.29, 1.82) is 0 Å². The summed E-state index contributed by atoms with van der Waals surface area (Å²) >= 11 is 3.80. The highest BCUT2D eigenvalue weighted by Crippen LogP contribution is 2.50. The summed E-state index contributed by atoms with van der Waals surface area (Å²) < 4.78 is 5.08. The van der Waals surface area contributed by atoms with Crippen LogP contribution in [-0.2, 0) is 0 Å². The fourth-order valence-corrected chi connectivity index (χ4v) is 5.61. The van der Waals surface area contributed by atoms with Crippen molar-refractivity contribution < 1.29 is 4.52 Å². The lowest BCUT2D eigenvalue weighted by atomic mass is 10.1. The van der Waals surface area contributed by atoms with Crippen LogP contribution < -0.4 is 0 Å². The first-order chi connectivity index (χ1) is 13.0. The first-order valence-corrected chi connectivity index (χ1v) is 10.5. The van der Waals surface area contributed by atoms with Crippen LogP contribution >= 0.6 is 23.5 Å². The van der Waals surface area contributed by atoms with Crippen LogP contribution in [0.4, 0.5) is 0 Å². The van der Waals surface area contributed by atoms with Gasteiger partial charge in [-0.1, -0.05) is 65.1 Å². The summed E-state index contributed by atoms with van der Waals surface area (Å²) in [4.78, 5) is 5.63. The number of nitrogens with zero attached hydrogens (tertiary/aromatic N) is 1. The second-order valence-electron chi connectivity index (χ2n) is 6.78. The molecule has 0 saturated heterocycles. The predicted molar refractivity (Wildman–Crippen MR) is 114 cm³/mol. The first-order valence-electron chi connectivity index (χ1n) is 8.90. The average molecular weight is 392 g/mol. The lowest BCUT2D eigenvalue weighted by Crippen LogP contribution is -1.94. The zero-order chi connectivity index (χ0) is 19.0. The van der Waals surface area contributed by atoms with Gasteiger partial charge >= 0.3 is 0 Å². The smallest absolute Gasteiger partial charge is 0.169 e. The zero-order valence-corrected chi connectivity index (χ0v) is 17.5. The number of rotatable bonds is 0. The minimum absolute atomic E-state index is 0.907. The molecule has 27 heavy (non-hydrogen) atoms. The van der Waals surface area contributed by atoms with Crippen molar-refractivity contribution in [2.75, 3.05) is 0 Å². The van der Waals surface area contributed by atoms with Gasteiger partial charge in [0.2, 0.25) is 0 Å². The molecule has 0 unspecified atom stereocenters. The summed E-state index contributed by atoms with van der Waals surface area (Å²) in [6.45, 7) is 8.46. The third kappa shape index (κ3) is 3.52. The van der Waals surface area contributed by atoms with E-state index in [4.69, 9.17) is 4.52 Å². The Labute approximate surface area is 168 Å². The van der Waals surface area contributed by atoms with Gasteiger partial charge in [0.25, 0.3) is 0 Å². The van der Waals surface area contributed by atoms with Gasteiger partial charge < -0.3 is 4.52 Å². The maximum Gasteiger partial charge on any atom is 0.169 e. The minimum Gasteiger partial charge on any atom is -0.356 e. The van der Waals surface area contributed by atoms with Crippen molar-refractivity contribution in [2.45, 2.75) is 47.3 Å². The Balaban J connectivity index is 0.000000143. The van der Waals surface area contributed by atoms with Gasteiger partial charge in [-0.25, -0.2) is 0 Å². The molecule has 5 rings (SSSR count). The summed E-state index contributed by atoms with van der Waals surface area (Å²) in [6.07, 6.45) is 1.76. The van der Waals surface area contributed by atoms with E-state index >= 15 is 0 Å². The SMILES string of the molecule is Cc1ccc(C)c2c1Sc1ccccc1S2.Cc1ccc(C)c2oncc12. The van der Waals surface area contributed by atoms with Gasteiger partial charge in [-0.3, -0.25) is 0 Å². The highest BCUT2D eigenvalue weighted by Gasteiger charge is 2.19. The Bertz CT molecular complexity index is 1040. The number of aryl methyl sites for hydroxylation is 4. The Morgan fingerprint density at radius 2 is 1.19 bits per heavy atom. The maximum absolute atomic E-state index is 5.08. The fraction of sp³-hybridized carbons (Fsp3) is 0.174. The van der Waals surface area contributed by atoms with Gasteiger partial charge in [0.15, 0.2) is 5.58 Å². The lowest BCUT2D eigenvalue weighted by Gasteiger charge is -2.21. The average Bonchev–Trinajstić information content (AvgIpc) is 3.19. The van der Waals surface area contributed by atoms with Crippen LogP contribution in [0.5, 0.6) is 0 Å². The molecule has 0 atom stereocenters.